The molecule has 0 aromatic carbocycles. The lowest BCUT2D eigenvalue weighted by molar-refractivity contribution is 0.254. The van der Waals surface area contributed by atoms with Crippen LogP contribution in [0.4, 0.5) is 0 Å². The summed E-state index contributed by atoms with van der Waals surface area (Å²) < 4.78 is 0. The van der Waals surface area contributed by atoms with E-state index in [9.17, 15) is 0 Å². The second-order valence-electron chi connectivity index (χ2n) is 6.22. The molecule has 1 heterocycles. The molecule has 5 heteroatoms. The van der Waals surface area contributed by atoms with Crippen molar-refractivity contribution in [2.24, 2.45) is 10.9 Å². The van der Waals surface area contributed by atoms with Crippen LogP contribution in [0.2, 0.25) is 0 Å². The number of likely N-dealkylation sites (N-methyl/N-ethyl adjacent to an activating group) is 1. The predicted molar refractivity (Wildman–Crippen MR) is 91.8 cm³/mol. The van der Waals surface area contributed by atoms with Crippen molar-refractivity contribution in [2.45, 2.75) is 44.4 Å². The number of hydrogen-bond donors (Lipinski definition) is 2. The molecule has 1 aliphatic rings. The lowest BCUT2D eigenvalue weighted by Gasteiger charge is -2.27. The molecule has 1 saturated heterocycles. The van der Waals surface area contributed by atoms with Gasteiger partial charge in [-0.1, -0.05) is 13.8 Å². The summed E-state index contributed by atoms with van der Waals surface area (Å²) in [6.45, 7) is 6.53. The van der Waals surface area contributed by atoms with Gasteiger partial charge in [-0.05, 0) is 45.0 Å². The molecule has 0 aromatic rings. The highest BCUT2D eigenvalue weighted by atomic mass is 32.2. The molecule has 0 aromatic heterocycles. The normalized spacial score (nSPS) is 21.6. The van der Waals surface area contributed by atoms with Gasteiger partial charge >= 0.3 is 0 Å². The molecule has 118 valence electrons. The summed E-state index contributed by atoms with van der Waals surface area (Å²) >= 11 is 2.08. The van der Waals surface area contributed by atoms with Crippen molar-refractivity contribution in [2.75, 3.05) is 40.0 Å². The first-order valence-electron chi connectivity index (χ1n) is 7.75. The van der Waals surface area contributed by atoms with Crippen molar-refractivity contribution < 1.29 is 0 Å². The number of aliphatic imine (C=N–C) groups is 1. The summed E-state index contributed by atoms with van der Waals surface area (Å²) in [5.41, 5.74) is 0. The van der Waals surface area contributed by atoms with Gasteiger partial charge in [-0.3, -0.25) is 4.99 Å². The molecule has 2 atom stereocenters. The average molecular weight is 301 g/mol. The summed E-state index contributed by atoms with van der Waals surface area (Å²) in [4.78, 5) is 6.62. The molecule has 0 radical (unpaired) electrons. The quantitative estimate of drug-likeness (QED) is 0.557. The van der Waals surface area contributed by atoms with Crippen molar-refractivity contribution in [1.29, 1.82) is 0 Å². The van der Waals surface area contributed by atoms with Gasteiger partial charge < -0.3 is 15.5 Å². The van der Waals surface area contributed by atoms with E-state index in [2.05, 4.69) is 60.2 Å². The third kappa shape index (κ3) is 6.84. The lowest BCUT2D eigenvalue weighted by Crippen LogP contribution is -2.46. The Morgan fingerprint density at radius 1 is 1.35 bits per heavy atom. The highest BCUT2D eigenvalue weighted by Gasteiger charge is 2.17. The maximum Gasteiger partial charge on any atom is 0.191 e. The first kappa shape index (κ1) is 17.6. The summed E-state index contributed by atoms with van der Waals surface area (Å²) in [6, 6.07) is 0.550. The molecule has 0 spiro atoms. The topological polar surface area (TPSA) is 39.7 Å². The van der Waals surface area contributed by atoms with Gasteiger partial charge in [0.15, 0.2) is 5.96 Å². The zero-order valence-corrected chi connectivity index (χ0v) is 14.6. The van der Waals surface area contributed by atoms with Gasteiger partial charge in [-0.2, -0.15) is 11.8 Å². The SMILES string of the molecule is CN=C(NCC1CCCS1)NCC(CC(C)C)N(C)C. The summed E-state index contributed by atoms with van der Waals surface area (Å²) in [5.74, 6) is 2.97. The number of nitrogens with one attached hydrogen (secondary N) is 2. The molecule has 2 N–H and O–H groups in total. The van der Waals surface area contributed by atoms with Crippen LogP contribution in [0.15, 0.2) is 4.99 Å². The Bertz CT molecular complexity index is 286. The molecule has 0 aliphatic carbocycles. The zero-order chi connectivity index (χ0) is 15.0. The Morgan fingerprint density at radius 3 is 2.60 bits per heavy atom. The summed E-state index contributed by atoms with van der Waals surface area (Å²) in [6.07, 6.45) is 3.90. The summed E-state index contributed by atoms with van der Waals surface area (Å²) in [7, 11) is 6.16. The fourth-order valence-corrected chi connectivity index (χ4v) is 3.67. The van der Waals surface area contributed by atoms with E-state index in [1.807, 2.05) is 7.05 Å². The molecule has 2 unspecified atom stereocenters. The van der Waals surface area contributed by atoms with E-state index >= 15 is 0 Å². The minimum absolute atomic E-state index is 0.550. The Balaban J connectivity index is 2.31. The molecule has 20 heavy (non-hydrogen) atoms. The maximum absolute atomic E-state index is 4.33. The van der Waals surface area contributed by atoms with Crippen molar-refractivity contribution >= 4 is 17.7 Å². The highest BCUT2D eigenvalue weighted by molar-refractivity contribution is 8.00. The van der Waals surface area contributed by atoms with E-state index in [1.54, 1.807) is 0 Å². The molecule has 1 aliphatic heterocycles. The van der Waals surface area contributed by atoms with Crippen LogP contribution >= 0.6 is 11.8 Å². The minimum atomic E-state index is 0.550. The van der Waals surface area contributed by atoms with Gasteiger partial charge in [0, 0.05) is 31.4 Å². The molecule has 0 bridgehead atoms. The average Bonchev–Trinajstić information content (AvgIpc) is 2.89. The molecular formula is C15H32N4S. The Hall–Kier alpha value is -0.420. The van der Waals surface area contributed by atoms with Gasteiger partial charge in [0.25, 0.3) is 0 Å². The third-order valence-corrected chi connectivity index (χ3v) is 5.12. The molecular weight excluding hydrogens is 268 g/mol. The molecule has 4 nitrogen and oxygen atoms in total. The van der Waals surface area contributed by atoms with Crippen molar-refractivity contribution in [1.82, 2.24) is 15.5 Å². The Labute approximate surface area is 129 Å². The van der Waals surface area contributed by atoms with Crippen LogP contribution in [-0.4, -0.2) is 62.1 Å². The maximum atomic E-state index is 4.33. The van der Waals surface area contributed by atoms with Gasteiger partial charge in [0.2, 0.25) is 0 Å². The standard InChI is InChI=1S/C15H32N4S/c1-12(2)9-13(19(4)5)10-17-15(16-3)18-11-14-7-6-8-20-14/h12-14H,6-11H2,1-5H3,(H2,16,17,18). The Morgan fingerprint density at radius 2 is 2.10 bits per heavy atom. The number of guanidine groups is 1. The largest absolute Gasteiger partial charge is 0.355 e. The lowest BCUT2D eigenvalue weighted by atomic mass is 10.0. The van der Waals surface area contributed by atoms with Crippen LogP contribution in [0.1, 0.15) is 33.1 Å². The van der Waals surface area contributed by atoms with Crippen molar-refractivity contribution in [3.05, 3.63) is 0 Å². The van der Waals surface area contributed by atoms with Crippen LogP contribution in [-0.2, 0) is 0 Å². The first-order valence-corrected chi connectivity index (χ1v) is 8.80. The number of nitrogens with zero attached hydrogens (tertiary/aromatic N) is 2. The van der Waals surface area contributed by atoms with E-state index in [4.69, 9.17) is 0 Å². The number of thioether (sulfide) groups is 1. The van der Waals surface area contributed by atoms with Crippen LogP contribution in [0.3, 0.4) is 0 Å². The van der Waals surface area contributed by atoms with Gasteiger partial charge in [-0.15, -0.1) is 0 Å². The molecule has 1 rings (SSSR count). The Kier molecular flexibility index (Phi) is 8.38. The van der Waals surface area contributed by atoms with Crippen LogP contribution in [0.5, 0.6) is 0 Å². The second-order valence-corrected chi connectivity index (χ2v) is 7.62. The predicted octanol–water partition coefficient (Wildman–Crippen LogP) is 2.02. The van der Waals surface area contributed by atoms with E-state index in [0.717, 1.165) is 24.3 Å². The number of rotatable bonds is 7. The van der Waals surface area contributed by atoms with Gasteiger partial charge in [0.1, 0.15) is 0 Å². The first-order chi connectivity index (χ1) is 9.52. The monoisotopic (exact) mass is 300 g/mol. The molecule has 0 saturated carbocycles. The molecule has 0 amide bonds. The summed E-state index contributed by atoms with van der Waals surface area (Å²) in [5, 5.41) is 7.68. The number of hydrogen-bond acceptors (Lipinski definition) is 3. The fraction of sp³-hybridized carbons (Fsp3) is 0.933. The fourth-order valence-electron chi connectivity index (χ4n) is 2.47. The smallest absolute Gasteiger partial charge is 0.191 e. The van der Waals surface area contributed by atoms with Crippen LogP contribution < -0.4 is 10.6 Å². The minimum Gasteiger partial charge on any atom is -0.355 e. The van der Waals surface area contributed by atoms with E-state index in [1.165, 1.54) is 25.0 Å². The zero-order valence-electron chi connectivity index (χ0n) is 13.8. The van der Waals surface area contributed by atoms with E-state index in [-0.39, 0.29) is 0 Å². The highest BCUT2D eigenvalue weighted by Crippen LogP contribution is 2.25. The van der Waals surface area contributed by atoms with E-state index in [0.29, 0.717) is 12.0 Å². The molecule has 1 fully saturated rings. The van der Waals surface area contributed by atoms with Gasteiger partial charge in [-0.25, -0.2) is 0 Å². The van der Waals surface area contributed by atoms with Gasteiger partial charge in [0.05, 0.1) is 0 Å². The van der Waals surface area contributed by atoms with Crippen LogP contribution in [0, 0.1) is 5.92 Å². The van der Waals surface area contributed by atoms with E-state index < -0.39 is 0 Å². The third-order valence-electron chi connectivity index (χ3n) is 3.72. The second kappa shape index (κ2) is 9.50. The van der Waals surface area contributed by atoms with Crippen molar-refractivity contribution in [3.8, 4) is 0 Å². The van der Waals surface area contributed by atoms with Crippen molar-refractivity contribution in [3.63, 3.8) is 0 Å². The van der Waals surface area contributed by atoms with Crippen LogP contribution in [0.25, 0.3) is 0 Å².